The number of carbonyl (C=O) groups excluding carboxylic acids is 1. The zero-order chi connectivity index (χ0) is 17.9. The third-order valence-corrected chi connectivity index (χ3v) is 3.65. The van der Waals surface area contributed by atoms with Crippen molar-refractivity contribution in [3.63, 3.8) is 0 Å². The molecule has 1 heterocycles. The van der Waals surface area contributed by atoms with Crippen LogP contribution in [0.1, 0.15) is 17.5 Å². The number of fused-ring (bicyclic) bond motifs is 1. The van der Waals surface area contributed by atoms with Crippen LogP contribution in [0.4, 0.5) is 18.9 Å². The predicted octanol–water partition coefficient (Wildman–Crippen LogP) is 4.05. The molecule has 1 aliphatic rings. The fourth-order valence-corrected chi connectivity index (χ4v) is 2.49. The molecule has 0 radical (unpaired) electrons. The van der Waals surface area contributed by atoms with Gasteiger partial charge < -0.3 is 14.8 Å². The van der Waals surface area contributed by atoms with Crippen LogP contribution in [0.15, 0.2) is 42.5 Å². The number of halogens is 3. The summed E-state index contributed by atoms with van der Waals surface area (Å²) in [5.74, 6) is 0.733. The molecule has 0 aliphatic carbocycles. The highest BCUT2D eigenvalue weighted by Gasteiger charge is 2.30. The van der Waals surface area contributed by atoms with Crippen molar-refractivity contribution < 1.29 is 27.4 Å². The Morgan fingerprint density at radius 1 is 1.04 bits per heavy atom. The summed E-state index contributed by atoms with van der Waals surface area (Å²) in [4.78, 5) is 12.1. The van der Waals surface area contributed by atoms with Gasteiger partial charge in [-0.2, -0.15) is 13.2 Å². The minimum Gasteiger partial charge on any atom is -0.490 e. The zero-order valence-corrected chi connectivity index (χ0v) is 13.2. The van der Waals surface area contributed by atoms with E-state index in [0.29, 0.717) is 36.0 Å². The lowest BCUT2D eigenvalue weighted by molar-refractivity contribution is -0.137. The molecule has 4 nitrogen and oxygen atoms in total. The van der Waals surface area contributed by atoms with E-state index in [1.165, 1.54) is 12.1 Å². The van der Waals surface area contributed by atoms with Gasteiger partial charge in [0, 0.05) is 18.2 Å². The molecule has 1 aliphatic heterocycles. The van der Waals surface area contributed by atoms with Crippen molar-refractivity contribution in [3.05, 3.63) is 53.6 Å². The van der Waals surface area contributed by atoms with Crippen LogP contribution in [-0.4, -0.2) is 19.1 Å². The Bertz CT molecular complexity index is 774. The maximum Gasteiger partial charge on any atom is 0.416 e. The molecule has 2 aromatic rings. The quantitative estimate of drug-likeness (QED) is 0.908. The van der Waals surface area contributed by atoms with Crippen LogP contribution in [0, 0.1) is 0 Å². The van der Waals surface area contributed by atoms with Crippen LogP contribution < -0.4 is 14.8 Å². The molecule has 1 N–H and O–H groups in total. The van der Waals surface area contributed by atoms with Gasteiger partial charge in [-0.3, -0.25) is 4.79 Å². The molecule has 0 fully saturated rings. The van der Waals surface area contributed by atoms with Gasteiger partial charge in [-0.1, -0.05) is 18.2 Å². The second kappa shape index (κ2) is 7.04. The summed E-state index contributed by atoms with van der Waals surface area (Å²) in [6, 6.07) is 9.74. The van der Waals surface area contributed by atoms with Crippen LogP contribution in [0.3, 0.4) is 0 Å². The number of anilines is 1. The topological polar surface area (TPSA) is 47.6 Å². The lowest BCUT2D eigenvalue weighted by atomic mass is 10.1. The number of rotatable bonds is 3. The maximum absolute atomic E-state index is 12.7. The van der Waals surface area contributed by atoms with Gasteiger partial charge in [0.1, 0.15) is 0 Å². The molecule has 0 atom stereocenters. The van der Waals surface area contributed by atoms with Gasteiger partial charge in [0.2, 0.25) is 5.91 Å². The molecule has 2 aromatic carbocycles. The van der Waals surface area contributed by atoms with Crippen molar-refractivity contribution in [2.75, 3.05) is 18.5 Å². The molecule has 0 aromatic heterocycles. The third-order valence-electron chi connectivity index (χ3n) is 3.65. The monoisotopic (exact) mass is 351 g/mol. The first-order valence-corrected chi connectivity index (χ1v) is 7.77. The fraction of sp³-hybridized carbons (Fsp3) is 0.278. The molecule has 25 heavy (non-hydrogen) atoms. The molecular weight excluding hydrogens is 335 g/mol. The lowest BCUT2D eigenvalue weighted by Gasteiger charge is -2.11. The van der Waals surface area contributed by atoms with Crippen molar-refractivity contribution in [1.82, 2.24) is 0 Å². The van der Waals surface area contributed by atoms with E-state index in [0.717, 1.165) is 18.6 Å². The Morgan fingerprint density at radius 2 is 1.80 bits per heavy atom. The largest absolute Gasteiger partial charge is 0.490 e. The molecule has 132 valence electrons. The molecule has 7 heteroatoms. The first-order valence-electron chi connectivity index (χ1n) is 7.77. The average Bonchev–Trinajstić information content (AvgIpc) is 2.79. The summed E-state index contributed by atoms with van der Waals surface area (Å²) in [7, 11) is 0. The smallest absolute Gasteiger partial charge is 0.416 e. The number of hydrogen-bond acceptors (Lipinski definition) is 3. The van der Waals surface area contributed by atoms with Crippen molar-refractivity contribution in [1.29, 1.82) is 0 Å². The van der Waals surface area contributed by atoms with E-state index < -0.39 is 17.6 Å². The fourth-order valence-electron chi connectivity index (χ4n) is 2.49. The van der Waals surface area contributed by atoms with Crippen molar-refractivity contribution in [2.24, 2.45) is 0 Å². The summed E-state index contributed by atoms with van der Waals surface area (Å²) in [6.07, 6.45) is -3.81. The normalized spacial score (nSPS) is 13.9. The first kappa shape index (κ1) is 17.1. The van der Waals surface area contributed by atoms with Gasteiger partial charge >= 0.3 is 6.18 Å². The number of ether oxygens (including phenoxy) is 2. The summed E-state index contributed by atoms with van der Waals surface area (Å²) >= 11 is 0. The SMILES string of the molecule is O=C(Cc1cccc(C(F)(F)F)c1)Nc1ccc2c(c1)OCCCO2. The molecule has 0 saturated heterocycles. The number of alkyl halides is 3. The van der Waals surface area contributed by atoms with E-state index in [1.807, 2.05) is 0 Å². The van der Waals surface area contributed by atoms with Gasteiger partial charge in [-0.25, -0.2) is 0 Å². The predicted molar refractivity (Wildman–Crippen MR) is 85.8 cm³/mol. The number of benzene rings is 2. The Morgan fingerprint density at radius 3 is 2.56 bits per heavy atom. The molecular formula is C18H16F3NO3. The minimum absolute atomic E-state index is 0.154. The molecule has 0 bridgehead atoms. The molecule has 1 amide bonds. The van der Waals surface area contributed by atoms with Gasteiger partial charge in [0.15, 0.2) is 11.5 Å². The maximum atomic E-state index is 12.7. The zero-order valence-electron chi connectivity index (χ0n) is 13.2. The Balaban J connectivity index is 1.68. The van der Waals surface area contributed by atoms with Crippen molar-refractivity contribution in [3.8, 4) is 11.5 Å². The van der Waals surface area contributed by atoms with Gasteiger partial charge in [-0.15, -0.1) is 0 Å². The van der Waals surface area contributed by atoms with E-state index >= 15 is 0 Å². The van der Waals surface area contributed by atoms with Crippen LogP contribution in [0.5, 0.6) is 11.5 Å². The number of amides is 1. The highest BCUT2D eigenvalue weighted by molar-refractivity contribution is 5.92. The third kappa shape index (κ3) is 4.43. The highest BCUT2D eigenvalue weighted by atomic mass is 19.4. The first-order chi connectivity index (χ1) is 11.9. The summed E-state index contributed by atoms with van der Waals surface area (Å²) < 4.78 is 49.2. The molecule has 0 unspecified atom stereocenters. The molecule has 0 saturated carbocycles. The van der Waals surface area contributed by atoms with E-state index in [4.69, 9.17) is 9.47 Å². The summed E-state index contributed by atoms with van der Waals surface area (Å²) in [5.41, 5.74) is 0.0243. The molecule has 0 spiro atoms. The minimum atomic E-state index is -4.43. The van der Waals surface area contributed by atoms with Gasteiger partial charge in [0.25, 0.3) is 0 Å². The van der Waals surface area contributed by atoms with Crippen molar-refractivity contribution >= 4 is 11.6 Å². The van der Waals surface area contributed by atoms with Crippen LogP contribution in [0.25, 0.3) is 0 Å². The van der Waals surface area contributed by atoms with E-state index in [9.17, 15) is 18.0 Å². The summed E-state index contributed by atoms with van der Waals surface area (Å²) in [6.45, 7) is 1.09. The van der Waals surface area contributed by atoms with E-state index in [-0.39, 0.29) is 6.42 Å². The van der Waals surface area contributed by atoms with E-state index in [1.54, 1.807) is 18.2 Å². The van der Waals surface area contributed by atoms with Crippen molar-refractivity contribution in [2.45, 2.75) is 19.0 Å². The van der Waals surface area contributed by atoms with Crippen LogP contribution >= 0.6 is 0 Å². The number of nitrogens with one attached hydrogen (secondary N) is 1. The Kier molecular flexibility index (Phi) is 4.83. The molecule has 3 rings (SSSR count). The number of hydrogen-bond donors (Lipinski definition) is 1. The van der Waals surface area contributed by atoms with Crippen LogP contribution in [-0.2, 0) is 17.4 Å². The summed E-state index contributed by atoms with van der Waals surface area (Å²) in [5, 5.41) is 2.66. The standard InChI is InChI=1S/C18H16F3NO3/c19-18(20,21)13-4-1-3-12(9-13)10-17(23)22-14-5-6-15-16(11-14)25-8-2-7-24-15/h1,3-6,9,11H,2,7-8,10H2,(H,22,23). The highest BCUT2D eigenvalue weighted by Crippen LogP contribution is 2.32. The average molecular weight is 351 g/mol. The Labute approximate surface area is 142 Å². The Hall–Kier alpha value is -2.70. The van der Waals surface area contributed by atoms with Crippen LogP contribution in [0.2, 0.25) is 0 Å². The van der Waals surface area contributed by atoms with E-state index in [2.05, 4.69) is 5.32 Å². The number of carbonyl (C=O) groups is 1. The second-order valence-corrected chi connectivity index (χ2v) is 5.64. The van der Waals surface area contributed by atoms with Gasteiger partial charge in [-0.05, 0) is 23.8 Å². The lowest BCUT2D eigenvalue weighted by Crippen LogP contribution is -2.15. The van der Waals surface area contributed by atoms with Gasteiger partial charge in [0.05, 0.1) is 25.2 Å². The second-order valence-electron chi connectivity index (χ2n) is 5.64.